The number of para-hydroxylation sites is 1. The highest BCUT2D eigenvalue weighted by Crippen LogP contribution is 2.25. The zero-order chi connectivity index (χ0) is 20.9. The Morgan fingerprint density at radius 2 is 1.83 bits per heavy atom. The van der Waals surface area contributed by atoms with Crippen molar-refractivity contribution in [3.8, 4) is 0 Å². The van der Waals surface area contributed by atoms with E-state index in [2.05, 4.69) is 51.3 Å². The van der Waals surface area contributed by atoms with E-state index in [0.717, 1.165) is 61.3 Å². The summed E-state index contributed by atoms with van der Waals surface area (Å²) in [6.45, 7) is 6.12. The molecular formula is C24H29N5O. The molecule has 0 saturated carbocycles. The number of pyridine rings is 1. The van der Waals surface area contributed by atoms with Gasteiger partial charge in [0.15, 0.2) is 0 Å². The van der Waals surface area contributed by atoms with E-state index < -0.39 is 0 Å². The average Bonchev–Trinajstić information content (AvgIpc) is 2.75. The molecule has 1 aliphatic rings. The molecule has 0 unspecified atom stereocenters. The predicted molar refractivity (Wildman–Crippen MR) is 124 cm³/mol. The summed E-state index contributed by atoms with van der Waals surface area (Å²) in [5.74, 6) is -0.00311. The highest BCUT2D eigenvalue weighted by atomic mass is 16.2. The van der Waals surface area contributed by atoms with Crippen LogP contribution in [-0.4, -0.2) is 48.5 Å². The lowest BCUT2D eigenvalue weighted by molar-refractivity contribution is -0.117. The van der Waals surface area contributed by atoms with Gasteiger partial charge in [-0.1, -0.05) is 31.5 Å². The highest BCUT2D eigenvalue weighted by Gasteiger charge is 2.19. The van der Waals surface area contributed by atoms with Crippen molar-refractivity contribution in [2.45, 2.75) is 19.8 Å². The smallest absolute Gasteiger partial charge is 0.238 e. The zero-order valence-electron chi connectivity index (χ0n) is 17.5. The third-order valence-electron chi connectivity index (χ3n) is 5.54. The second kappa shape index (κ2) is 9.13. The number of fused-ring (bicyclic) bond motifs is 1. The van der Waals surface area contributed by atoms with Crippen LogP contribution in [0, 0.1) is 0 Å². The standard InChI is InChI=1S/C24H29N5O/c1-2-6-18-16-22(25)21-15-19(9-10-23(21)26-18)27-24(30)17-28-11-13-29(14-12-28)20-7-4-3-5-8-20/h3-5,7-10,15-16H,2,6,11-14,17H2,1H3,(H2,25,26)(H,27,30). The first-order valence-corrected chi connectivity index (χ1v) is 10.6. The highest BCUT2D eigenvalue weighted by molar-refractivity contribution is 5.97. The number of aryl methyl sites for hydroxylation is 1. The molecule has 0 atom stereocenters. The van der Waals surface area contributed by atoms with Gasteiger partial charge < -0.3 is 16.0 Å². The number of hydrogen-bond donors (Lipinski definition) is 2. The Kier molecular flexibility index (Phi) is 6.14. The Morgan fingerprint density at radius 1 is 1.07 bits per heavy atom. The van der Waals surface area contributed by atoms with Gasteiger partial charge in [0, 0.05) is 54.3 Å². The lowest BCUT2D eigenvalue weighted by Crippen LogP contribution is -2.48. The predicted octanol–water partition coefficient (Wildman–Crippen LogP) is 3.53. The Morgan fingerprint density at radius 3 is 2.57 bits per heavy atom. The molecular weight excluding hydrogens is 374 g/mol. The van der Waals surface area contributed by atoms with Crippen molar-refractivity contribution in [2.75, 3.05) is 48.7 Å². The number of amides is 1. The Hall–Kier alpha value is -3.12. The third-order valence-corrected chi connectivity index (χ3v) is 5.54. The number of nitrogens with two attached hydrogens (primary N) is 1. The fraction of sp³-hybridized carbons (Fsp3) is 0.333. The van der Waals surface area contributed by atoms with E-state index in [1.165, 1.54) is 5.69 Å². The molecule has 30 heavy (non-hydrogen) atoms. The normalized spacial score (nSPS) is 14.8. The van der Waals surface area contributed by atoms with E-state index in [0.29, 0.717) is 12.2 Å². The number of nitrogen functional groups attached to an aromatic ring is 1. The van der Waals surface area contributed by atoms with Gasteiger partial charge in [-0.25, -0.2) is 0 Å². The molecule has 3 N–H and O–H groups in total. The molecule has 1 amide bonds. The van der Waals surface area contributed by atoms with Crippen LogP contribution in [0.2, 0.25) is 0 Å². The van der Waals surface area contributed by atoms with Crippen molar-refractivity contribution < 1.29 is 4.79 Å². The first kappa shape index (κ1) is 20.2. The number of nitrogens with one attached hydrogen (secondary N) is 1. The molecule has 6 nitrogen and oxygen atoms in total. The first-order valence-electron chi connectivity index (χ1n) is 10.6. The number of piperazine rings is 1. The van der Waals surface area contributed by atoms with Gasteiger partial charge in [-0.2, -0.15) is 0 Å². The topological polar surface area (TPSA) is 74.5 Å². The van der Waals surface area contributed by atoms with Gasteiger partial charge in [0.2, 0.25) is 5.91 Å². The summed E-state index contributed by atoms with van der Waals surface area (Å²) in [6, 6.07) is 18.1. The van der Waals surface area contributed by atoms with Crippen LogP contribution in [0.4, 0.5) is 17.1 Å². The molecule has 4 rings (SSSR count). The molecule has 0 spiro atoms. The van der Waals surface area contributed by atoms with Crippen LogP contribution >= 0.6 is 0 Å². The van der Waals surface area contributed by atoms with Gasteiger partial charge in [-0.05, 0) is 42.8 Å². The van der Waals surface area contributed by atoms with Crippen molar-refractivity contribution in [2.24, 2.45) is 0 Å². The second-order valence-electron chi connectivity index (χ2n) is 7.83. The summed E-state index contributed by atoms with van der Waals surface area (Å²) in [7, 11) is 0. The fourth-order valence-corrected chi connectivity index (χ4v) is 3.98. The van der Waals surface area contributed by atoms with Crippen molar-refractivity contribution in [3.05, 3.63) is 60.3 Å². The number of hydrogen-bond acceptors (Lipinski definition) is 5. The van der Waals surface area contributed by atoms with E-state index in [9.17, 15) is 4.79 Å². The lowest BCUT2D eigenvalue weighted by Gasteiger charge is -2.35. The molecule has 3 aromatic rings. The van der Waals surface area contributed by atoms with E-state index >= 15 is 0 Å². The molecule has 1 aromatic heterocycles. The number of nitrogens with zero attached hydrogens (tertiary/aromatic N) is 3. The van der Waals surface area contributed by atoms with Crippen LogP contribution < -0.4 is 16.0 Å². The first-order chi connectivity index (χ1) is 14.6. The molecule has 0 aliphatic carbocycles. The molecule has 156 valence electrons. The maximum absolute atomic E-state index is 12.6. The number of carbonyl (C=O) groups is 1. The molecule has 0 radical (unpaired) electrons. The summed E-state index contributed by atoms with van der Waals surface area (Å²) in [5, 5.41) is 3.89. The van der Waals surface area contributed by atoms with E-state index in [4.69, 9.17) is 5.73 Å². The largest absolute Gasteiger partial charge is 0.398 e. The third kappa shape index (κ3) is 4.71. The van der Waals surface area contributed by atoms with Gasteiger partial charge in [-0.15, -0.1) is 0 Å². The van der Waals surface area contributed by atoms with Crippen molar-refractivity contribution in [1.29, 1.82) is 0 Å². The van der Waals surface area contributed by atoms with E-state index in [1.807, 2.05) is 30.3 Å². The van der Waals surface area contributed by atoms with Crippen molar-refractivity contribution in [3.63, 3.8) is 0 Å². The summed E-state index contributed by atoms with van der Waals surface area (Å²) in [6.07, 6.45) is 1.95. The molecule has 2 heterocycles. The van der Waals surface area contributed by atoms with Gasteiger partial charge in [0.1, 0.15) is 0 Å². The minimum atomic E-state index is -0.00311. The number of anilines is 3. The average molecular weight is 404 g/mol. The number of benzene rings is 2. The van der Waals surface area contributed by atoms with Crippen LogP contribution in [0.3, 0.4) is 0 Å². The number of rotatable bonds is 6. The van der Waals surface area contributed by atoms with E-state index in [-0.39, 0.29) is 5.91 Å². The summed E-state index contributed by atoms with van der Waals surface area (Å²) < 4.78 is 0. The van der Waals surface area contributed by atoms with Crippen molar-refractivity contribution in [1.82, 2.24) is 9.88 Å². The SMILES string of the molecule is CCCc1cc(N)c2cc(NC(=O)CN3CCN(c4ccccc4)CC3)ccc2n1. The minimum absolute atomic E-state index is 0.00311. The fourth-order valence-electron chi connectivity index (χ4n) is 3.98. The van der Waals surface area contributed by atoms with Crippen LogP contribution in [0.1, 0.15) is 19.0 Å². The molecule has 2 aromatic carbocycles. The van der Waals surface area contributed by atoms with Crippen LogP contribution in [0.15, 0.2) is 54.6 Å². The summed E-state index contributed by atoms with van der Waals surface area (Å²) in [4.78, 5) is 21.8. The molecule has 1 aliphatic heterocycles. The molecule has 0 bridgehead atoms. The maximum atomic E-state index is 12.6. The monoisotopic (exact) mass is 403 g/mol. The summed E-state index contributed by atoms with van der Waals surface area (Å²) >= 11 is 0. The molecule has 6 heteroatoms. The summed E-state index contributed by atoms with van der Waals surface area (Å²) in [5.41, 5.74) is 10.8. The second-order valence-corrected chi connectivity index (χ2v) is 7.83. The van der Waals surface area contributed by atoms with Crippen LogP contribution in [0.5, 0.6) is 0 Å². The van der Waals surface area contributed by atoms with Gasteiger partial charge in [-0.3, -0.25) is 14.7 Å². The number of aromatic nitrogens is 1. The van der Waals surface area contributed by atoms with E-state index in [1.54, 1.807) is 0 Å². The quantitative estimate of drug-likeness (QED) is 0.659. The minimum Gasteiger partial charge on any atom is -0.398 e. The Balaban J connectivity index is 1.34. The van der Waals surface area contributed by atoms with Crippen LogP contribution in [0.25, 0.3) is 10.9 Å². The Bertz CT molecular complexity index is 1010. The maximum Gasteiger partial charge on any atom is 0.238 e. The number of carbonyl (C=O) groups excluding carboxylic acids is 1. The van der Waals surface area contributed by atoms with Crippen LogP contribution in [-0.2, 0) is 11.2 Å². The Labute approximate surface area is 177 Å². The van der Waals surface area contributed by atoms with Gasteiger partial charge >= 0.3 is 0 Å². The van der Waals surface area contributed by atoms with Gasteiger partial charge in [0.25, 0.3) is 0 Å². The molecule has 1 saturated heterocycles. The molecule has 1 fully saturated rings. The van der Waals surface area contributed by atoms with Crippen molar-refractivity contribution >= 4 is 33.9 Å². The zero-order valence-corrected chi connectivity index (χ0v) is 17.5. The van der Waals surface area contributed by atoms with Gasteiger partial charge in [0.05, 0.1) is 12.1 Å². The lowest BCUT2D eigenvalue weighted by atomic mass is 10.1.